The molecule has 1 fully saturated rings. The second-order valence-electron chi connectivity index (χ2n) is 5.02. The molecular weight excluding hydrogens is 242 g/mol. The van der Waals surface area contributed by atoms with Crippen LogP contribution in [0, 0.1) is 0 Å². The van der Waals surface area contributed by atoms with E-state index in [1.807, 2.05) is 18.2 Å². The number of hydrogen-bond donors (Lipinski definition) is 1. The van der Waals surface area contributed by atoms with Crippen molar-refractivity contribution in [2.24, 2.45) is 7.05 Å². The van der Waals surface area contributed by atoms with Crippen LogP contribution >= 0.6 is 0 Å². The van der Waals surface area contributed by atoms with E-state index in [9.17, 15) is 9.59 Å². The Hall–Kier alpha value is -1.88. The summed E-state index contributed by atoms with van der Waals surface area (Å²) in [4.78, 5) is 24.9. The summed E-state index contributed by atoms with van der Waals surface area (Å²) >= 11 is 0. The molecule has 5 heteroatoms. The number of nitrogens with one attached hydrogen (secondary N) is 1. The lowest BCUT2D eigenvalue weighted by molar-refractivity contribution is 0.347. The Morgan fingerprint density at radius 2 is 1.84 bits per heavy atom. The van der Waals surface area contributed by atoms with Crippen LogP contribution in [0.4, 0.5) is 0 Å². The van der Waals surface area contributed by atoms with Gasteiger partial charge in [-0.2, -0.15) is 0 Å². The van der Waals surface area contributed by atoms with Gasteiger partial charge in [-0.3, -0.25) is 13.9 Å². The van der Waals surface area contributed by atoms with Gasteiger partial charge in [0.05, 0.1) is 10.9 Å². The third-order valence-corrected chi connectivity index (χ3v) is 3.88. The van der Waals surface area contributed by atoms with Crippen molar-refractivity contribution in [1.29, 1.82) is 0 Å². The average Bonchev–Trinajstić information content (AvgIpc) is 2.46. The van der Waals surface area contributed by atoms with Crippen molar-refractivity contribution in [3.8, 4) is 0 Å². The highest BCUT2D eigenvalue weighted by Gasteiger charge is 2.20. The lowest BCUT2D eigenvalue weighted by Gasteiger charge is -2.24. The number of rotatable bonds is 1. The maximum absolute atomic E-state index is 12.5. The molecule has 0 radical (unpaired) electrons. The van der Waals surface area contributed by atoms with Gasteiger partial charge in [0.1, 0.15) is 0 Å². The van der Waals surface area contributed by atoms with Crippen LogP contribution in [0.25, 0.3) is 10.9 Å². The van der Waals surface area contributed by atoms with Crippen molar-refractivity contribution in [3.63, 3.8) is 0 Å². The van der Waals surface area contributed by atoms with Crippen molar-refractivity contribution >= 4 is 10.9 Å². The summed E-state index contributed by atoms with van der Waals surface area (Å²) in [5.74, 6) is 0. The molecule has 1 aliphatic heterocycles. The Kier molecular flexibility index (Phi) is 2.98. The fraction of sp³-hybridized carbons (Fsp3) is 0.429. The maximum atomic E-state index is 12.5. The van der Waals surface area contributed by atoms with Crippen LogP contribution in [-0.4, -0.2) is 22.2 Å². The van der Waals surface area contributed by atoms with Crippen molar-refractivity contribution in [2.45, 2.75) is 18.9 Å². The van der Waals surface area contributed by atoms with Gasteiger partial charge in [-0.05, 0) is 38.1 Å². The number of aromatic nitrogens is 2. The zero-order valence-corrected chi connectivity index (χ0v) is 10.9. The number of fused-ring (bicyclic) bond motifs is 1. The molecule has 19 heavy (non-hydrogen) atoms. The summed E-state index contributed by atoms with van der Waals surface area (Å²) in [6, 6.07) is 7.29. The Bertz CT molecular complexity index is 724. The molecule has 1 N–H and O–H groups in total. The van der Waals surface area contributed by atoms with Gasteiger partial charge in [0.15, 0.2) is 0 Å². The van der Waals surface area contributed by atoms with E-state index < -0.39 is 0 Å². The predicted molar refractivity (Wildman–Crippen MR) is 74.6 cm³/mol. The minimum Gasteiger partial charge on any atom is -0.317 e. The molecule has 0 amide bonds. The number of aryl methyl sites for hydroxylation is 1. The van der Waals surface area contributed by atoms with Crippen LogP contribution in [0.3, 0.4) is 0 Å². The van der Waals surface area contributed by atoms with Crippen molar-refractivity contribution < 1.29 is 0 Å². The Labute approximate surface area is 110 Å². The first-order valence-corrected chi connectivity index (χ1v) is 6.61. The van der Waals surface area contributed by atoms with E-state index in [2.05, 4.69) is 5.32 Å². The van der Waals surface area contributed by atoms with Gasteiger partial charge >= 0.3 is 5.69 Å². The largest absolute Gasteiger partial charge is 0.331 e. The topological polar surface area (TPSA) is 56.0 Å². The molecule has 1 aliphatic rings. The average molecular weight is 259 g/mol. The minimum absolute atomic E-state index is 0.0112. The van der Waals surface area contributed by atoms with Crippen LogP contribution in [0.2, 0.25) is 0 Å². The van der Waals surface area contributed by atoms with Crippen LogP contribution in [0.5, 0.6) is 0 Å². The first-order chi connectivity index (χ1) is 9.20. The zero-order valence-electron chi connectivity index (χ0n) is 10.9. The highest BCUT2D eigenvalue weighted by molar-refractivity contribution is 5.77. The first kappa shape index (κ1) is 12.2. The van der Waals surface area contributed by atoms with Crippen LogP contribution < -0.4 is 16.6 Å². The van der Waals surface area contributed by atoms with Crippen molar-refractivity contribution in [3.05, 3.63) is 45.1 Å². The Morgan fingerprint density at radius 3 is 2.58 bits per heavy atom. The summed E-state index contributed by atoms with van der Waals surface area (Å²) in [5.41, 5.74) is 0.323. The van der Waals surface area contributed by atoms with E-state index in [4.69, 9.17) is 0 Å². The summed E-state index contributed by atoms with van der Waals surface area (Å²) in [7, 11) is 1.72. The lowest BCUT2D eigenvalue weighted by atomic mass is 10.1. The van der Waals surface area contributed by atoms with Gasteiger partial charge in [0, 0.05) is 13.1 Å². The summed E-state index contributed by atoms with van der Waals surface area (Å²) < 4.78 is 3.00. The highest BCUT2D eigenvalue weighted by atomic mass is 16.2. The number of para-hydroxylation sites is 1. The molecule has 1 saturated heterocycles. The Morgan fingerprint density at radius 1 is 1.16 bits per heavy atom. The maximum Gasteiger partial charge on any atom is 0.331 e. The smallest absolute Gasteiger partial charge is 0.317 e. The van der Waals surface area contributed by atoms with E-state index in [0.29, 0.717) is 10.9 Å². The van der Waals surface area contributed by atoms with Crippen LogP contribution in [0.1, 0.15) is 18.9 Å². The fourth-order valence-corrected chi connectivity index (χ4v) is 2.82. The monoisotopic (exact) mass is 259 g/mol. The molecule has 100 valence electrons. The van der Waals surface area contributed by atoms with Gasteiger partial charge in [-0.25, -0.2) is 4.79 Å². The summed E-state index contributed by atoms with van der Waals surface area (Å²) in [5, 5.41) is 3.86. The molecule has 2 heterocycles. The zero-order chi connectivity index (χ0) is 13.4. The van der Waals surface area contributed by atoms with E-state index in [-0.39, 0.29) is 17.3 Å². The highest BCUT2D eigenvalue weighted by Crippen LogP contribution is 2.16. The molecule has 3 rings (SSSR count). The molecule has 0 aliphatic carbocycles. The van der Waals surface area contributed by atoms with Crippen molar-refractivity contribution in [2.75, 3.05) is 13.1 Å². The van der Waals surface area contributed by atoms with Gasteiger partial charge in [0.25, 0.3) is 5.56 Å². The van der Waals surface area contributed by atoms with E-state index in [1.54, 1.807) is 17.7 Å². The van der Waals surface area contributed by atoms with Gasteiger partial charge in [-0.1, -0.05) is 12.1 Å². The predicted octanol–water partition coefficient (Wildman–Crippen LogP) is 0.625. The van der Waals surface area contributed by atoms with E-state index in [1.165, 1.54) is 4.57 Å². The number of piperidine rings is 1. The number of benzene rings is 1. The molecule has 0 unspecified atom stereocenters. The second kappa shape index (κ2) is 4.66. The molecule has 1 aromatic heterocycles. The molecule has 0 saturated carbocycles. The van der Waals surface area contributed by atoms with Gasteiger partial charge in [0.2, 0.25) is 0 Å². The standard InChI is InChI=1S/C14H17N3O2/c1-16-12-5-3-2-4-11(12)13(18)17(14(16)19)10-6-8-15-9-7-10/h2-5,10,15H,6-9H2,1H3. The minimum atomic E-state index is -0.212. The summed E-state index contributed by atoms with van der Waals surface area (Å²) in [6.45, 7) is 1.71. The van der Waals surface area contributed by atoms with Gasteiger partial charge < -0.3 is 5.32 Å². The molecule has 5 nitrogen and oxygen atoms in total. The number of hydrogen-bond acceptors (Lipinski definition) is 3. The van der Waals surface area contributed by atoms with Crippen LogP contribution in [0.15, 0.2) is 33.9 Å². The normalized spacial score (nSPS) is 16.9. The molecule has 0 spiro atoms. The molecule has 1 aromatic carbocycles. The molecule has 0 bridgehead atoms. The van der Waals surface area contributed by atoms with Crippen molar-refractivity contribution in [1.82, 2.24) is 14.5 Å². The third-order valence-electron chi connectivity index (χ3n) is 3.88. The van der Waals surface area contributed by atoms with Gasteiger partial charge in [-0.15, -0.1) is 0 Å². The molecule has 0 atom stereocenters. The first-order valence-electron chi connectivity index (χ1n) is 6.61. The van der Waals surface area contributed by atoms with Crippen LogP contribution in [-0.2, 0) is 7.05 Å². The second-order valence-corrected chi connectivity index (χ2v) is 5.02. The SMILES string of the molecule is Cn1c(=O)n(C2CCNCC2)c(=O)c2ccccc21. The van der Waals surface area contributed by atoms with E-state index in [0.717, 1.165) is 25.9 Å². The summed E-state index contributed by atoms with van der Waals surface area (Å²) in [6.07, 6.45) is 1.65. The lowest BCUT2D eigenvalue weighted by Crippen LogP contribution is -2.44. The Balaban J connectivity index is 2.30. The fourth-order valence-electron chi connectivity index (χ4n) is 2.82. The number of nitrogens with zero attached hydrogens (tertiary/aromatic N) is 2. The third kappa shape index (κ3) is 1.90. The van der Waals surface area contributed by atoms with E-state index >= 15 is 0 Å². The molecule has 2 aromatic rings. The quantitative estimate of drug-likeness (QED) is 0.817. The molecular formula is C14H17N3O2.